The predicted molar refractivity (Wildman–Crippen MR) is 120 cm³/mol. The van der Waals surface area contributed by atoms with Gasteiger partial charge in [-0.1, -0.05) is 37.2 Å². The highest BCUT2D eigenvalue weighted by Gasteiger charge is 2.15. The van der Waals surface area contributed by atoms with Crippen molar-refractivity contribution in [2.24, 2.45) is 0 Å². The van der Waals surface area contributed by atoms with Gasteiger partial charge in [-0.15, -0.1) is 0 Å². The van der Waals surface area contributed by atoms with E-state index in [4.69, 9.17) is 0 Å². The van der Waals surface area contributed by atoms with Gasteiger partial charge in [-0.3, -0.25) is 4.79 Å². The third kappa shape index (κ3) is 5.81. The maximum atomic E-state index is 12.4. The minimum atomic E-state index is -3.55. The van der Waals surface area contributed by atoms with Gasteiger partial charge in [0.1, 0.15) is 0 Å². The highest BCUT2D eigenvalue weighted by Crippen LogP contribution is 2.24. The van der Waals surface area contributed by atoms with Crippen molar-refractivity contribution in [1.29, 1.82) is 0 Å². The molecule has 0 fully saturated rings. The Bertz CT molecular complexity index is 1120. The lowest BCUT2D eigenvalue weighted by Gasteiger charge is -2.06. The van der Waals surface area contributed by atoms with Crippen LogP contribution >= 0.6 is 27.7 Å². The van der Waals surface area contributed by atoms with Crippen LogP contribution in [0.15, 0.2) is 57.0 Å². The standard InChI is InChI=1S/C19H21BrN4O3S2/c1-2-3-10-21-29(26,27)13-8-9-16-17(11-13)24-19(23-16)28-12-18(25)22-15-7-5-4-6-14(15)20/h4-9,11,21H,2-3,10,12H2,1H3,(H,22,25)(H,23,24). The first kappa shape index (κ1) is 21.8. The highest BCUT2D eigenvalue weighted by atomic mass is 79.9. The molecule has 29 heavy (non-hydrogen) atoms. The topological polar surface area (TPSA) is 104 Å². The van der Waals surface area contributed by atoms with Gasteiger partial charge in [-0.05, 0) is 52.7 Å². The molecule has 0 saturated carbocycles. The number of fused-ring (bicyclic) bond motifs is 1. The number of rotatable bonds is 9. The lowest BCUT2D eigenvalue weighted by Crippen LogP contribution is -2.24. The van der Waals surface area contributed by atoms with Gasteiger partial charge in [0.05, 0.1) is 27.4 Å². The molecule has 1 aromatic heterocycles. The summed E-state index contributed by atoms with van der Waals surface area (Å²) in [6.45, 7) is 2.41. The number of amides is 1. The van der Waals surface area contributed by atoms with E-state index in [1.165, 1.54) is 17.8 Å². The van der Waals surface area contributed by atoms with Gasteiger partial charge in [-0.25, -0.2) is 18.1 Å². The highest BCUT2D eigenvalue weighted by molar-refractivity contribution is 9.10. The van der Waals surface area contributed by atoms with Gasteiger partial charge >= 0.3 is 0 Å². The lowest BCUT2D eigenvalue weighted by molar-refractivity contribution is -0.113. The number of hydrogen-bond acceptors (Lipinski definition) is 5. The van der Waals surface area contributed by atoms with Crippen LogP contribution in [0.5, 0.6) is 0 Å². The Morgan fingerprint density at radius 3 is 2.79 bits per heavy atom. The molecule has 0 aliphatic carbocycles. The molecule has 2 aromatic carbocycles. The zero-order valence-corrected chi connectivity index (χ0v) is 19.0. The molecule has 0 bridgehead atoms. The monoisotopic (exact) mass is 496 g/mol. The van der Waals surface area contributed by atoms with E-state index in [1.807, 2.05) is 31.2 Å². The average Bonchev–Trinajstić information content (AvgIpc) is 3.10. The number of carbonyl (C=O) groups excluding carboxylic acids is 1. The molecule has 0 aliphatic heterocycles. The first-order valence-electron chi connectivity index (χ1n) is 9.05. The van der Waals surface area contributed by atoms with Crippen LogP contribution in [0.3, 0.4) is 0 Å². The smallest absolute Gasteiger partial charge is 0.240 e. The zero-order valence-electron chi connectivity index (χ0n) is 15.7. The zero-order chi connectivity index (χ0) is 20.9. The molecule has 0 aliphatic rings. The Morgan fingerprint density at radius 1 is 1.24 bits per heavy atom. The number of para-hydroxylation sites is 1. The van der Waals surface area contributed by atoms with Crippen molar-refractivity contribution in [3.63, 3.8) is 0 Å². The number of sulfonamides is 1. The number of aromatic nitrogens is 2. The van der Waals surface area contributed by atoms with Gasteiger partial charge in [0.2, 0.25) is 15.9 Å². The second-order valence-corrected chi connectivity index (χ2v) is 9.87. The van der Waals surface area contributed by atoms with Crippen LogP contribution in [0.4, 0.5) is 5.69 Å². The van der Waals surface area contributed by atoms with Crippen LogP contribution < -0.4 is 10.0 Å². The Kier molecular flexibility index (Phi) is 7.33. The van der Waals surface area contributed by atoms with Crippen molar-refractivity contribution >= 4 is 60.3 Å². The van der Waals surface area contributed by atoms with Gasteiger partial charge in [0.25, 0.3) is 0 Å². The summed E-state index contributed by atoms with van der Waals surface area (Å²) in [4.78, 5) is 19.9. The molecule has 1 heterocycles. The van der Waals surface area contributed by atoms with Gasteiger partial charge in [0.15, 0.2) is 5.16 Å². The minimum Gasteiger partial charge on any atom is -0.333 e. The van der Waals surface area contributed by atoms with Crippen LogP contribution in [0.25, 0.3) is 11.0 Å². The molecule has 0 unspecified atom stereocenters. The normalized spacial score (nSPS) is 11.7. The molecule has 3 N–H and O–H groups in total. The number of aromatic amines is 1. The fourth-order valence-corrected chi connectivity index (χ4v) is 4.72. The average molecular weight is 497 g/mol. The van der Waals surface area contributed by atoms with Crippen LogP contribution in [-0.4, -0.2) is 36.6 Å². The summed E-state index contributed by atoms with van der Waals surface area (Å²) in [7, 11) is -3.55. The van der Waals surface area contributed by atoms with Crippen molar-refractivity contribution in [3.8, 4) is 0 Å². The van der Waals surface area contributed by atoms with Crippen LogP contribution in [0, 0.1) is 0 Å². The van der Waals surface area contributed by atoms with E-state index in [1.54, 1.807) is 12.1 Å². The summed E-state index contributed by atoms with van der Waals surface area (Å²) >= 11 is 4.64. The number of nitrogens with one attached hydrogen (secondary N) is 3. The summed E-state index contributed by atoms with van der Waals surface area (Å²) in [6.07, 6.45) is 1.70. The summed E-state index contributed by atoms with van der Waals surface area (Å²) in [5.41, 5.74) is 1.96. The molecule has 0 atom stereocenters. The van der Waals surface area contributed by atoms with Gasteiger partial charge in [-0.2, -0.15) is 0 Å². The number of unbranched alkanes of at least 4 members (excludes halogenated alkanes) is 1. The molecule has 10 heteroatoms. The molecule has 1 amide bonds. The van der Waals surface area contributed by atoms with Crippen molar-refractivity contribution in [3.05, 3.63) is 46.9 Å². The summed E-state index contributed by atoms with van der Waals surface area (Å²) in [6, 6.07) is 12.1. The molecule has 3 rings (SSSR count). The van der Waals surface area contributed by atoms with E-state index < -0.39 is 10.0 Å². The molecule has 0 radical (unpaired) electrons. The van der Waals surface area contributed by atoms with E-state index in [-0.39, 0.29) is 16.6 Å². The van der Waals surface area contributed by atoms with Crippen LogP contribution in [-0.2, 0) is 14.8 Å². The number of anilines is 1. The minimum absolute atomic E-state index is 0.161. The number of nitrogens with zero attached hydrogens (tertiary/aromatic N) is 1. The second-order valence-electron chi connectivity index (χ2n) is 6.29. The van der Waals surface area contributed by atoms with E-state index in [2.05, 4.69) is 35.9 Å². The second kappa shape index (κ2) is 9.75. The largest absolute Gasteiger partial charge is 0.333 e. The Hall–Kier alpha value is -1.88. The van der Waals surface area contributed by atoms with Crippen LogP contribution in [0.2, 0.25) is 0 Å². The fraction of sp³-hybridized carbons (Fsp3) is 0.263. The Morgan fingerprint density at radius 2 is 2.03 bits per heavy atom. The van der Waals surface area contributed by atoms with E-state index >= 15 is 0 Å². The number of imidazole rings is 1. The first-order valence-corrected chi connectivity index (χ1v) is 12.3. The molecule has 154 valence electrons. The van der Waals surface area contributed by atoms with E-state index in [9.17, 15) is 13.2 Å². The van der Waals surface area contributed by atoms with Gasteiger partial charge < -0.3 is 10.3 Å². The van der Waals surface area contributed by atoms with Crippen molar-refractivity contribution in [2.45, 2.75) is 29.8 Å². The molecule has 0 saturated heterocycles. The Labute approximate surface area is 182 Å². The first-order chi connectivity index (χ1) is 13.9. The maximum Gasteiger partial charge on any atom is 0.240 e. The number of hydrogen-bond donors (Lipinski definition) is 3. The van der Waals surface area contributed by atoms with E-state index in [0.29, 0.717) is 28.4 Å². The molecular formula is C19H21BrN4O3S2. The molecule has 0 spiro atoms. The third-order valence-corrected chi connectivity index (χ3v) is 7.08. The molecular weight excluding hydrogens is 476 g/mol. The number of benzene rings is 2. The predicted octanol–water partition coefficient (Wildman–Crippen LogP) is 4.13. The number of carbonyl (C=O) groups is 1. The number of thioether (sulfide) groups is 1. The Balaban J connectivity index is 1.65. The maximum absolute atomic E-state index is 12.4. The van der Waals surface area contributed by atoms with Gasteiger partial charge in [0, 0.05) is 11.0 Å². The van der Waals surface area contributed by atoms with Crippen molar-refractivity contribution in [2.75, 3.05) is 17.6 Å². The summed E-state index contributed by atoms with van der Waals surface area (Å²) < 4.78 is 28.1. The van der Waals surface area contributed by atoms with E-state index in [0.717, 1.165) is 17.3 Å². The fourth-order valence-electron chi connectivity index (χ4n) is 2.55. The number of H-pyrrole nitrogens is 1. The number of halogens is 1. The quantitative estimate of drug-likeness (QED) is 0.305. The van der Waals surface area contributed by atoms with Crippen LogP contribution in [0.1, 0.15) is 19.8 Å². The third-order valence-electron chi connectivity index (χ3n) is 4.05. The lowest BCUT2D eigenvalue weighted by atomic mass is 10.3. The summed E-state index contributed by atoms with van der Waals surface area (Å²) in [5, 5.41) is 3.38. The molecule has 3 aromatic rings. The van der Waals surface area contributed by atoms with Crippen molar-refractivity contribution < 1.29 is 13.2 Å². The SMILES string of the molecule is CCCCNS(=O)(=O)c1ccc2nc(SCC(=O)Nc3ccccc3Br)[nH]c2c1. The summed E-state index contributed by atoms with van der Waals surface area (Å²) in [5.74, 6) is 0.0102. The molecule has 7 nitrogen and oxygen atoms in total. The van der Waals surface area contributed by atoms with Crippen molar-refractivity contribution in [1.82, 2.24) is 14.7 Å².